The van der Waals surface area contributed by atoms with E-state index in [1.807, 2.05) is 6.92 Å². The van der Waals surface area contributed by atoms with Gasteiger partial charge in [-0.05, 0) is 26.1 Å². The van der Waals surface area contributed by atoms with Gasteiger partial charge in [0.2, 0.25) is 0 Å². The van der Waals surface area contributed by atoms with Crippen molar-refractivity contribution in [1.29, 1.82) is 0 Å². The first-order valence-corrected chi connectivity index (χ1v) is 4.19. The van der Waals surface area contributed by atoms with Gasteiger partial charge in [-0.15, -0.1) is 0 Å². The lowest BCUT2D eigenvalue weighted by Crippen LogP contribution is -2.33. The van der Waals surface area contributed by atoms with Crippen molar-refractivity contribution < 1.29 is 9.53 Å². The van der Waals surface area contributed by atoms with Crippen LogP contribution in [0.2, 0.25) is 0 Å². The highest BCUT2D eigenvalue weighted by Crippen LogP contribution is 1.79. The summed E-state index contributed by atoms with van der Waals surface area (Å²) in [5, 5.41) is 6.90. The van der Waals surface area contributed by atoms with Gasteiger partial charge in [-0.2, -0.15) is 5.10 Å². The number of nitrogens with one attached hydrogen (secondary N) is 2. The predicted octanol–water partition coefficient (Wildman–Crippen LogP) is 0.0193. The second-order valence-corrected chi connectivity index (χ2v) is 2.57. The van der Waals surface area contributed by atoms with E-state index in [9.17, 15) is 4.79 Å². The van der Waals surface area contributed by atoms with Crippen LogP contribution in [0.1, 0.15) is 13.8 Å². The van der Waals surface area contributed by atoms with E-state index >= 15 is 0 Å². The Kier molecular flexibility index (Phi) is 5.79. The van der Waals surface area contributed by atoms with E-state index in [-0.39, 0.29) is 5.71 Å². The standard InChI is InChI=1S/C7H13N3O2S/c1-4-8-7(13)10-9-5(2)6(11)12-3/h4H2,1-3H3,(H2,8,10,13)/b9-5+. The molecule has 0 heterocycles. The Balaban J connectivity index is 3.96. The summed E-state index contributed by atoms with van der Waals surface area (Å²) in [7, 11) is 1.30. The molecule has 74 valence electrons. The van der Waals surface area contributed by atoms with Gasteiger partial charge in [-0.3, -0.25) is 5.43 Å². The van der Waals surface area contributed by atoms with E-state index in [1.165, 1.54) is 14.0 Å². The van der Waals surface area contributed by atoms with E-state index in [2.05, 4.69) is 20.6 Å². The maximum absolute atomic E-state index is 10.8. The van der Waals surface area contributed by atoms with E-state index in [1.54, 1.807) is 0 Å². The molecule has 0 aromatic rings. The molecule has 0 aliphatic rings. The second kappa shape index (κ2) is 6.36. The van der Waals surface area contributed by atoms with Crippen LogP contribution in [0, 0.1) is 0 Å². The normalized spacial score (nSPS) is 10.5. The summed E-state index contributed by atoms with van der Waals surface area (Å²) in [4.78, 5) is 10.8. The fourth-order valence-corrected chi connectivity index (χ4v) is 0.718. The fourth-order valence-electron chi connectivity index (χ4n) is 0.528. The van der Waals surface area contributed by atoms with Gasteiger partial charge in [0.1, 0.15) is 5.71 Å². The highest BCUT2D eigenvalue weighted by atomic mass is 32.1. The molecule has 0 aliphatic heterocycles. The number of hydrazone groups is 1. The number of hydrogen-bond acceptors (Lipinski definition) is 4. The first-order chi connectivity index (χ1) is 6.11. The summed E-state index contributed by atoms with van der Waals surface area (Å²) in [6.07, 6.45) is 0. The van der Waals surface area contributed by atoms with Crippen LogP contribution in [0.5, 0.6) is 0 Å². The number of nitrogens with zero attached hydrogens (tertiary/aromatic N) is 1. The van der Waals surface area contributed by atoms with Crippen LogP contribution in [0.15, 0.2) is 5.10 Å². The van der Waals surface area contributed by atoms with Gasteiger partial charge in [0.15, 0.2) is 5.11 Å². The quantitative estimate of drug-likeness (QED) is 0.293. The molecule has 6 heteroatoms. The van der Waals surface area contributed by atoms with Crippen molar-refractivity contribution >= 4 is 29.0 Å². The van der Waals surface area contributed by atoms with Gasteiger partial charge >= 0.3 is 5.97 Å². The topological polar surface area (TPSA) is 62.7 Å². The molecule has 0 aromatic carbocycles. The Bertz CT molecular complexity index is 228. The fraction of sp³-hybridized carbons (Fsp3) is 0.571. The molecule has 13 heavy (non-hydrogen) atoms. The van der Waals surface area contributed by atoms with Gasteiger partial charge < -0.3 is 10.1 Å². The number of carbonyl (C=O) groups excluding carboxylic acids is 1. The summed E-state index contributed by atoms with van der Waals surface area (Å²) in [5.41, 5.74) is 2.73. The molecule has 0 bridgehead atoms. The molecule has 0 unspecified atom stereocenters. The van der Waals surface area contributed by atoms with Crippen LogP contribution in [0.4, 0.5) is 0 Å². The van der Waals surface area contributed by atoms with Gasteiger partial charge in [-0.25, -0.2) is 4.79 Å². The third kappa shape index (κ3) is 5.13. The smallest absolute Gasteiger partial charge is 0.353 e. The zero-order chi connectivity index (χ0) is 10.3. The Hall–Kier alpha value is -1.17. The third-order valence-electron chi connectivity index (χ3n) is 1.14. The number of thiocarbonyl (C=S) groups is 1. The highest BCUT2D eigenvalue weighted by Gasteiger charge is 2.04. The van der Waals surface area contributed by atoms with Crippen LogP contribution >= 0.6 is 12.2 Å². The Morgan fingerprint density at radius 3 is 2.69 bits per heavy atom. The lowest BCUT2D eigenvalue weighted by Gasteiger charge is -2.04. The lowest BCUT2D eigenvalue weighted by molar-refractivity contribution is -0.132. The number of hydrogen-bond donors (Lipinski definition) is 2. The van der Waals surface area contributed by atoms with Crippen LogP contribution in [0.3, 0.4) is 0 Å². The minimum absolute atomic E-state index is 0.225. The van der Waals surface area contributed by atoms with Crippen molar-refractivity contribution in [2.45, 2.75) is 13.8 Å². The van der Waals surface area contributed by atoms with Gasteiger partial charge in [-0.1, -0.05) is 0 Å². The minimum Gasteiger partial charge on any atom is -0.464 e. The average molecular weight is 203 g/mol. The largest absolute Gasteiger partial charge is 0.464 e. The zero-order valence-corrected chi connectivity index (χ0v) is 8.70. The summed E-state index contributed by atoms with van der Waals surface area (Å²) < 4.78 is 4.43. The molecular weight excluding hydrogens is 190 g/mol. The highest BCUT2D eigenvalue weighted by molar-refractivity contribution is 7.80. The van der Waals surface area contributed by atoms with Gasteiger partial charge in [0.25, 0.3) is 0 Å². The molecule has 0 aliphatic carbocycles. The Morgan fingerprint density at radius 2 is 2.23 bits per heavy atom. The molecule has 0 saturated heterocycles. The molecule has 5 nitrogen and oxygen atoms in total. The van der Waals surface area contributed by atoms with Crippen molar-refractivity contribution in [3.05, 3.63) is 0 Å². The SMILES string of the molecule is CCNC(=S)N/N=C(\C)C(=O)OC. The molecule has 0 radical (unpaired) electrons. The van der Waals surface area contributed by atoms with E-state index in [0.717, 1.165) is 0 Å². The number of ether oxygens (including phenoxy) is 1. The molecule has 0 amide bonds. The number of methoxy groups -OCH3 is 1. The van der Waals surface area contributed by atoms with Crippen LogP contribution in [-0.4, -0.2) is 30.4 Å². The minimum atomic E-state index is -0.480. The molecule has 2 N–H and O–H groups in total. The predicted molar refractivity (Wildman–Crippen MR) is 54.5 cm³/mol. The third-order valence-corrected chi connectivity index (χ3v) is 1.38. The maximum Gasteiger partial charge on any atom is 0.353 e. The monoisotopic (exact) mass is 203 g/mol. The van der Waals surface area contributed by atoms with Crippen molar-refractivity contribution in [2.75, 3.05) is 13.7 Å². The zero-order valence-electron chi connectivity index (χ0n) is 7.88. The van der Waals surface area contributed by atoms with Crippen molar-refractivity contribution in [3.63, 3.8) is 0 Å². The molecular formula is C7H13N3O2S. The summed E-state index contributed by atoms with van der Waals surface area (Å²) in [6, 6.07) is 0. The summed E-state index contributed by atoms with van der Waals surface area (Å²) in [6.45, 7) is 4.15. The second-order valence-electron chi connectivity index (χ2n) is 2.16. The number of rotatable bonds is 3. The van der Waals surface area contributed by atoms with Crippen LogP contribution in [-0.2, 0) is 9.53 Å². The first kappa shape index (κ1) is 11.8. The molecule has 0 rings (SSSR count). The van der Waals surface area contributed by atoms with E-state index in [4.69, 9.17) is 12.2 Å². The van der Waals surface area contributed by atoms with Gasteiger partial charge in [0.05, 0.1) is 7.11 Å². The molecule has 0 fully saturated rings. The lowest BCUT2D eigenvalue weighted by atomic mass is 10.4. The molecule has 0 atom stereocenters. The van der Waals surface area contributed by atoms with Crippen molar-refractivity contribution in [2.24, 2.45) is 5.10 Å². The van der Waals surface area contributed by atoms with Gasteiger partial charge in [0, 0.05) is 6.54 Å². The average Bonchev–Trinajstić information content (AvgIpc) is 2.13. The van der Waals surface area contributed by atoms with Crippen LogP contribution < -0.4 is 10.7 Å². The van der Waals surface area contributed by atoms with Crippen molar-refractivity contribution in [3.8, 4) is 0 Å². The van der Waals surface area contributed by atoms with E-state index < -0.39 is 5.97 Å². The van der Waals surface area contributed by atoms with Crippen molar-refractivity contribution in [1.82, 2.24) is 10.7 Å². The Labute approximate surface area is 82.5 Å². The molecule has 0 spiro atoms. The number of esters is 1. The Morgan fingerprint density at radius 1 is 1.62 bits per heavy atom. The number of carbonyl (C=O) groups is 1. The van der Waals surface area contributed by atoms with Crippen LogP contribution in [0.25, 0.3) is 0 Å². The van der Waals surface area contributed by atoms with E-state index in [0.29, 0.717) is 11.7 Å². The first-order valence-electron chi connectivity index (χ1n) is 3.78. The molecule has 0 aromatic heterocycles. The summed E-state index contributed by atoms with van der Waals surface area (Å²) in [5.74, 6) is -0.480. The maximum atomic E-state index is 10.8. The summed E-state index contributed by atoms with van der Waals surface area (Å²) >= 11 is 4.81. The molecule has 0 saturated carbocycles.